The molecule has 0 saturated carbocycles. The summed E-state index contributed by atoms with van der Waals surface area (Å²) in [6.07, 6.45) is 1.43. The molecular formula is C14H20N4O2. The van der Waals surface area contributed by atoms with Gasteiger partial charge in [-0.15, -0.1) is 5.10 Å². The van der Waals surface area contributed by atoms with E-state index in [4.69, 9.17) is 5.11 Å². The number of nitrogens with zero attached hydrogens (tertiary/aromatic N) is 4. The first-order chi connectivity index (χ1) is 9.46. The topological polar surface area (TPSA) is 90.1 Å². The lowest BCUT2D eigenvalue weighted by Crippen LogP contribution is -2.30. The van der Waals surface area contributed by atoms with E-state index >= 15 is 0 Å². The third kappa shape index (κ3) is 3.23. The molecule has 1 aromatic heterocycles. The molecule has 1 N–H and O–H groups in total. The van der Waals surface area contributed by atoms with Gasteiger partial charge in [0.05, 0.1) is 11.6 Å². The Bertz CT molecular complexity index is 537. The minimum atomic E-state index is -0.871. The van der Waals surface area contributed by atoms with Gasteiger partial charge in [0.2, 0.25) is 0 Å². The van der Waals surface area contributed by atoms with Gasteiger partial charge in [0, 0.05) is 13.6 Å². The quantitative estimate of drug-likeness (QED) is 0.849. The summed E-state index contributed by atoms with van der Waals surface area (Å²) in [5, 5.41) is 26.6. The van der Waals surface area contributed by atoms with Crippen LogP contribution in [0.15, 0.2) is 0 Å². The van der Waals surface area contributed by atoms with E-state index in [0.29, 0.717) is 17.8 Å². The van der Waals surface area contributed by atoms with E-state index in [1.54, 1.807) is 18.9 Å². The number of carboxylic acids is 1. The third-order valence-electron chi connectivity index (χ3n) is 3.27. The van der Waals surface area contributed by atoms with Crippen LogP contribution in [0.4, 0.5) is 5.82 Å². The monoisotopic (exact) mass is 276 g/mol. The zero-order valence-electron chi connectivity index (χ0n) is 12.3. The van der Waals surface area contributed by atoms with Gasteiger partial charge < -0.3 is 10.0 Å². The van der Waals surface area contributed by atoms with Gasteiger partial charge in [-0.3, -0.25) is 4.79 Å². The number of rotatable bonds is 6. The van der Waals surface area contributed by atoms with Crippen molar-refractivity contribution in [2.75, 3.05) is 18.5 Å². The van der Waals surface area contributed by atoms with Crippen LogP contribution in [0.5, 0.6) is 0 Å². The largest absolute Gasteiger partial charge is 0.481 e. The van der Waals surface area contributed by atoms with E-state index in [2.05, 4.69) is 16.3 Å². The number of aliphatic carboxylic acids is 1. The van der Waals surface area contributed by atoms with Gasteiger partial charge in [0.25, 0.3) is 0 Å². The van der Waals surface area contributed by atoms with Crippen LogP contribution in [0.25, 0.3) is 0 Å². The molecule has 0 spiro atoms. The van der Waals surface area contributed by atoms with Crippen molar-refractivity contribution >= 4 is 11.8 Å². The van der Waals surface area contributed by atoms with E-state index in [-0.39, 0.29) is 6.54 Å². The molecule has 6 heteroatoms. The first-order valence-electron chi connectivity index (χ1n) is 6.68. The van der Waals surface area contributed by atoms with E-state index in [1.165, 1.54) is 0 Å². The van der Waals surface area contributed by atoms with Crippen molar-refractivity contribution in [3.05, 3.63) is 16.8 Å². The number of aromatic nitrogens is 2. The van der Waals surface area contributed by atoms with Crippen LogP contribution in [-0.2, 0) is 17.6 Å². The van der Waals surface area contributed by atoms with Crippen molar-refractivity contribution in [2.24, 2.45) is 5.92 Å². The normalized spacial score (nSPS) is 11.8. The van der Waals surface area contributed by atoms with Crippen LogP contribution in [0, 0.1) is 17.2 Å². The molecule has 20 heavy (non-hydrogen) atoms. The van der Waals surface area contributed by atoms with Gasteiger partial charge in [-0.1, -0.05) is 20.8 Å². The fourth-order valence-electron chi connectivity index (χ4n) is 2.12. The highest BCUT2D eigenvalue weighted by molar-refractivity contribution is 5.70. The lowest BCUT2D eigenvalue weighted by molar-refractivity contribution is -0.140. The Kier molecular flexibility index (Phi) is 5.44. The minimum Gasteiger partial charge on any atom is -0.481 e. The van der Waals surface area contributed by atoms with Crippen molar-refractivity contribution in [3.63, 3.8) is 0 Å². The molecular weight excluding hydrogens is 256 g/mol. The summed E-state index contributed by atoms with van der Waals surface area (Å²) in [4.78, 5) is 12.6. The van der Waals surface area contributed by atoms with Crippen LogP contribution >= 0.6 is 0 Å². The van der Waals surface area contributed by atoms with Gasteiger partial charge in [-0.25, -0.2) is 0 Å². The van der Waals surface area contributed by atoms with E-state index in [9.17, 15) is 10.1 Å². The van der Waals surface area contributed by atoms with Gasteiger partial charge in [0.15, 0.2) is 5.82 Å². The Hall–Kier alpha value is -2.16. The lowest BCUT2D eigenvalue weighted by atomic mass is 10.0. The van der Waals surface area contributed by atoms with Gasteiger partial charge in [-0.2, -0.15) is 10.4 Å². The van der Waals surface area contributed by atoms with Crippen molar-refractivity contribution in [3.8, 4) is 6.07 Å². The SMILES string of the molecule is CCc1nnc(N(C)CC(C)C(=O)O)c(C#N)c1CC. The van der Waals surface area contributed by atoms with Crippen LogP contribution in [0.2, 0.25) is 0 Å². The highest BCUT2D eigenvalue weighted by Gasteiger charge is 2.20. The van der Waals surface area contributed by atoms with Gasteiger partial charge in [0.1, 0.15) is 11.6 Å². The molecule has 0 aliphatic rings. The van der Waals surface area contributed by atoms with Crippen LogP contribution in [0.1, 0.15) is 37.6 Å². The van der Waals surface area contributed by atoms with Gasteiger partial charge in [-0.05, 0) is 18.4 Å². The maximum absolute atomic E-state index is 10.9. The molecule has 1 rings (SSSR count). The Morgan fingerprint density at radius 3 is 2.50 bits per heavy atom. The molecule has 1 heterocycles. The summed E-state index contributed by atoms with van der Waals surface area (Å²) in [7, 11) is 1.73. The van der Waals surface area contributed by atoms with Crippen molar-refractivity contribution in [1.29, 1.82) is 5.26 Å². The molecule has 0 amide bonds. The first-order valence-corrected chi connectivity index (χ1v) is 6.68. The van der Waals surface area contributed by atoms with E-state index in [0.717, 1.165) is 17.7 Å². The average Bonchev–Trinajstić information content (AvgIpc) is 2.44. The second kappa shape index (κ2) is 6.85. The molecule has 1 atom stereocenters. The highest BCUT2D eigenvalue weighted by Crippen LogP contribution is 2.23. The standard InChI is InChI=1S/C14H20N4O2/c1-5-10-11(7-15)13(17-16-12(10)6-2)18(4)8-9(3)14(19)20/h9H,5-6,8H2,1-4H3,(H,19,20). The molecule has 6 nitrogen and oxygen atoms in total. The van der Waals surface area contributed by atoms with Crippen molar-refractivity contribution < 1.29 is 9.90 Å². The van der Waals surface area contributed by atoms with Crippen LogP contribution in [-0.4, -0.2) is 34.9 Å². The molecule has 0 fully saturated rings. The number of anilines is 1. The Morgan fingerprint density at radius 2 is 2.05 bits per heavy atom. The summed E-state index contributed by atoms with van der Waals surface area (Å²) in [5.41, 5.74) is 2.22. The second-order valence-electron chi connectivity index (χ2n) is 4.76. The molecule has 1 unspecified atom stereocenters. The number of carbonyl (C=O) groups is 1. The molecule has 0 aliphatic carbocycles. The van der Waals surface area contributed by atoms with E-state index < -0.39 is 11.9 Å². The minimum absolute atomic E-state index is 0.285. The maximum atomic E-state index is 10.9. The van der Waals surface area contributed by atoms with Crippen molar-refractivity contribution in [1.82, 2.24) is 10.2 Å². The molecule has 108 valence electrons. The second-order valence-corrected chi connectivity index (χ2v) is 4.76. The molecule has 0 aliphatic heterocycles. The smallest absolute Gasteiger partial charge is 0.308 e. The predicted octanol–water partition coefficient (Wildman–Crippen LogP) is 1.63. The predicted molar refractivity (Wildman–Crippen MR) is 75.6 cm³/mol. The molecule has 0 saturated heterocycles. The number of hydrogen-bond donors (Lipinski definition) is 1. The average molecular weight is 276 g/mol. The Balaban J connectivity index is 3.19. The van der Waals surface area contributed by atoms with Crippen LogP contribution < -0.4 is 4.90 Å². The molecule has 0 aromatic carbocycles. The Morgan fingerprint density at radius 1 is 1.40 bits per heavy atom. The van der Waals surface area contributed by atoms with E-state index in [1.807, 2.05) is 13.8 Å². The first kappa shape index (κ1) is 15.9. The van der Waals surface area contributed by atoms with Crippen LogP contribution in [0.3, 0.4) is 0 Å². The highest BCUT2D eigenvalue weighted by atomic mass is 16.4. The fraction of sp³-hybridized carbons (Fsp3) is 0.571. The Labute approximate surface area is 119 Å². The summed E-state index contributed by atoms with van der Waals surface area (Å²) in [5.74, 6) is -0.955. The fourth-order valence-corrected chi connectivity index (χ4v) is 2.12. The lowest BCUT2D eigenvalue weighted by Gasteiger charge is -2.22. The summed E-state index contributed by atoms with van der Waals surface area (Å²) < 4.78 is 0. The number of nitriles is 1. The summed E-state index contributed by atoms with van der Waals surface area (Å²) in [6, 6.07) is 2.18. The molecule has 0 radical (unpaired) electrons. The number of carboxylic acid groups (broad SMARTS) is 1. The summed E-state index contributed by atoms with van der Waals surface area (Å²) in [6.45, 7) is 5.85. The number of hydrogen-bond acceptors (Lipinski definition) is 5. The van der Waals surface area contributed by atoms with Gasteiger partial charge >= 0.3 is 5.97 Å². The van der Waals surface area contributed by atoms with Crippen molar-refractivity contribution in [2.45, 2.75) is 33.6 Å². The summed E-state index contributed by atoms with van der Waals surface area (Å²) >= 11 is 0. The third-order valence-corrected chi connectivity index (χ3v) is 3.27. The maximum Gasteiger partial charge on any atom is 0.308 e. The molecule has 0 bridgehead atoms. The zero-order chi connectivity index (χ0) is 15.3. The zero-order valence-corrected chi connectivity index (χ0v) is 12.3. The number of aryl methyl sites for hydroxylation is 1. The molecule has 1 aromatic rings.